The fraction of sp³-hybridized carbons (Fsp3) is 0.417. The molecule has 1 fully saturated rings. The Morgan fingerprint density at radius 2 is 1.58 bits per heavy atom. The van der Waals surface area contributed by atoms with Crippen LogP contribution in [0.5, 0.6) is 17.2 Å². The topological polar surface area (TPSA) is 77.1 Å². The van der Waals surface area contributed by atoms with Crippen molar-refractivity contribution in [3.63, 3.8) is 0 Å². The molecule has 0 radical (unpaired) electrons. The number of rotatable bonds is 7. The summed E-state index contributed by atoms with van der Waals surface area (Å²) in [5, 5.41) is 3.00. The van der Waals surface area contributed by atoms with Crippen LogP contribution in [0.1, 0.15) is 35.7 Å². The van der Waals surface area contributed by atoms with Crippen LogP contribution in [0.15, 0.2) is 42.5 Å². The Hall–Kier alpha value is -3.22. The first-order valence-electron chi connectivity index (χ1n) is 10.3. The van der Waals surface area contributed by atoms with Crippen molar-refractivity contribution >= 4 is 11.8 Å². The SMILES string of the molecule is COc1ccc(C(=O)N2C[C@H](c3cc(OC)ccc3OC)[C@H](C(=O)NC(C)C)C2)cc1. The molecule has 2 aromatic rings. The van der Waals surface area contributed by atoms with E-state index < -0.39 is 5.92 Å². The fourth-order valence-electron chi connectivity index (χ4n) is 3.99. The molecule has 0 unspecified atom stereocenters. The van der Waals surface area contributed by atoms with Crippen molar-refractivity contribution in [3.05, 3.63) is 53.6 Å². The molecule has 1 saturated heterocycles. The van der Waals surface area contributed by atoms with Crippen molar-refractivity contribution in [3.8, 4) is 17.2 Å². The second-order valence-corrected chi connectivity index (χ2v) is 7.92. The number of nitrogens with zero attached hydrogens (tertiary/aromatic N) is 1. The normalized spacial score (nSPS) is 18.1. The van der Waals surface area contributed by atoms with Crippen molar-refractivity contribution in [1.82, 2.24) is 10.2 Å². The summed E-state index contributed by atoms with van der Waals surface area (Å²) in [6, 6.07) is 12.5. The number of carbonyl (C=O) groups is 2. The molecule has 3 rings (SSSR count). The van der Waals surface area contributed by atoms with E-state index in [1.165, 1.54) is 0 Å². The Bertz CT molecular complexity index is 926. The number of likely N-dealkylation sites (tertiary alicyclic amines) is 1. The first kappa shape index (κ1) is 22.5. The molecule has 0 aliphatic carbocycles. The summed E-state index contributed by atoms with van der Waals surface area (Å²) in [5.41, 5.74) is 1.41. The van der Waals surface area contributed by atoms with Crippen LogP contribution in [-0.4, -0.2) is 57.2 Å². The van der Waals surface area contributed by atoms with Gasteiger partial charge < -0.3 is 24.4 Å². The van der Waals surface area contributed by atoms with Gasteiger partial charge in [0.25, 0.3) is 5.91 Å². The Kier molecular flexibility index (Phi) is 7.05. The van der Waals surface area contributed by atoms with Crippen LogP contribution >= 0.6 is 0 Å². The molecule has 2 aromatic carbocycles. The Labute approximate surface area is 183 Å². The Morgan fingerprint density at radius 1 is 0.935 bits per heavy atom. The summed E-state index contributed by atoms with van der Waals surface area (Å²) in [6.07, 6.45) is 0. The third kappa shape index (κ3) is 4.93. The van der Waals surface area contributed by atoms with Gasteiger partial charge >= 0.3 is 0 Å². The standard InChI is InChI=1S/C24H30N2O5/c1-15(2)25-23(27)21-14-26(24(28)16-6-8-17(29-3)9-7-16)13-20(21)19-12-18(30-4)10-11-22(19)31-5/h6-12,15,20-21H,13-14H2,1-5H3,(H,25,27)/t20-,21-/m1/s1. The molecule has 31 heavy (non-hydrogen) atoms. The van der Waals surface area contributed by atoms with E-state index in [1.807, 2.05) is 32.0 Å². The average Bonchev–Trinajstić information content (AvgIpc) is 3.23. The highest BCUT2D eigenvalue weighted by Gasteiger charge is 2.42. The average molecular weight is 427 g/mol. The zero-order chi connectivity index (χ0) is 22.5. The molecular formula is C24H30N2O5. The van der Waals surface area contributed by atoms with Gasteiger partial charge in [0.15, 0.2) is 0 Å². The minimum atomic E-state index is -0.398. The molecule has 0 aromatic heterocycles. The van der Waals surface area contributed by atoms with Gasteiger partial charge in [0, 0.05) is 36.2 Å². The van der Waals surface area contributed by atoms with Gasteiger partial charge in [-0.25, -0.2) is 0 Å². The maximum Gasteiger partial charge on any atom is 0.253 e. The highest BCUT2D eigenvalue weighted by atomic mass is 16.5. The highest BCUT2D eigenvalue weighted by Crippen LogP contribution is 2.40. The lowest BCUT2D eigenvalue weighted by atomic mass is 9.87. The van der Waals surface area contributed by atoms with E-state index >= 15 is 0 Å². The second-order valence-electron chi connectivity index (χ2n) is 7.92. The number of nitrogens with one attached hydrogen (secondary N) is 1. The smallest absolute Gasteiger partial charge is 0.253 e. The van der Waals surface area contributed by atoms with Crippen LogP contribution in [0.3, 0.4) is 0 Å². The first-order chi connectivity index (χ1) is 14.9. The van der Waals surface area contributed by atoms with Crippen molar-refractivity contribution in [2.45, 2.75) is 25.8 Å². The van der Waals surface area contributed by atoms with Crippen LogP contribution < -0.4 is 19.5 Å². The summed E-state index contributed by atoms with van der Waals surface area (Å²) >= 11 is 0. The van der Waals surface area contributed by atoms with Crippen LogP contribution in [-0.2, 0) is 4.79 Å². The number of ether oxygens (including phenoxy) is 3. The zero-order valence-corrected chi connectivity index (χ0v) is 18.7. The third-order valence-electron chi connectivity index (χ3n) is 5.55. The molecule has 7 nitrogen and oxygen atoms in total. The molecule has 1 aliphatic heterocycles. The lowest BCUT2D eigenvalue weighted by Crippen LogP contribution is -2.39. The lowest BCUT2D eigenvalue weighted by Gasteiger charge is -2.22. The van der Waals surface area contributed by atoms with Crippen LogP contribution in [0.2, 0.25) is 0 Å². The van der Waals surface area contributed by atoms with Gasteiger partial charge in [0.1, 0.15) is 17.2 Å². The largest absolute Gasteiger partial charge is 0.497 e. The monoisotopic (exact) mass is 426 g/mol. The van der Waals surface area contributed by atoms with E-state index in [2.05, 4.69) is 5.32 Å². The summed E-state index contributed by atoms with van der Waals surface area (Å²) in [5.74, 6) is 1.23. The van der Waals surface area contributed by atoms with Crippen LogP contribution in [0.25, 0.3) is 0 Å². The number of hydrogen-bond acceptors (Lipinski definition) is 5. The summed E-state index contributed by atoms with van der Waals surface area (Å²) in [7, 11) is 4.79. The lowest BCUT2D eigenvalue weighted by molar-refractivity contribution is -0.125. The summed E-state index contributed by atoms with van der Waals surface area (Å²) in [6.45, 7) is 4.58. The van der Waals surface area contributed by atoms with Gasteiger partial charge in [-0.2, -0.15) is 0 Å². The molecule has 0 spiro atoms. The van der Waals surface area contributed by atoms with Gasteiger partial charge in [-0.05, 0) is 56.3 Å². The molecule has 7 heteroatoms. The van der Waals surface area contributed by atoms with E-state index in [0.717, 1.165) is 5.56 Å². The number of hydrogen-bond donors (Lipinski definition) is 1. The number of amides is 2. The summed E-state index contributed by atoms with van der Waals surface area (Å²) < 4.78 is 16.1. The molecule has 2 amide bonds. The minimum absolute atomic E-state index is 0.00620. The first-order valence-corrected chi connectivity index (χ1v) is 10.3. The molecule has 1 aliphatic rings. The molecule has 2 atom stereocenters. The molecule has 1 N–H and O–H groups in total. The maximum atomic E-state index is 13.2. The van der Waals surface area contributed by atoms with E-state index in [4.69, 9.17) is 14.2 Å². The molecular weight excluding hydrogens is 396 g/mol. The quantitative estimate of drug-likeness (QED) is 0.736. The molecule has 0 bridgehead atoms. The fourth-order valence-corrected chi connectivity index (χ4v) is 3.99. The molecule has 1 heterocycles. The van der Waals surface area contributed by atoms with E-state index in [-0.39, 0.29) is 23.8 Å². The Morgan fingerprint density at radius 3 is 2.16 bits per heavy atom. The second kappa shape index (κ2) is 9.73. The number of benzene rings is 2. The van der Waals surface area contributed by atoms with E-state index in [1.54, 1.807) is 50.5 Å². The number of methoxy groups -OCH3 is 3. The third-order valence-corrected chi connectivity index (χ3v) is 5.55. The van der Waals surface area contributed by atoms with Gasteiger partial charge in [-0.1, -0.05) is 0 Å². The van der Waals surface area contributed by atoms with Crippen molar-refractivity contribution in [1.29, 1.82) is 0 Å². The van der Waals surface area contributed by atoms with Crippen LogP contribution in [0, 0.1) is 5.92 Å². The molecule has 0 saturated carbocycles. The van der Waals surface area contributed by atoms with Gasteiger partial charge in [0.2, 0.25) is 5.91 Å². The number of carbonyl (C=O) groups excluding carboxylic acids is 2. The zero-order valence-electron chi connectivity index (χ0n) is 18.7. The van der Waals surface area contributed by atoms with Gasteiger partial charge in [-0.3, -0.25) is 9.59 Å². The minimum Gasteiger partial charge on any atom is -0.497 e. The predicted molar refractivity (Wildman–Crippen MR) is 118 cm³/mol. The van der Waals surface area contributed by atoms with E-state index in [0.29, 0.717) is 35.9 Å². The van der Waals surface area contributed by atoms with Crippen molar-refractivity contribution in [2.24, 2.45) is 5.92 Å². The van der Waals surface area contributed by atoms with Gasteiger partial charge in [0.05, 0.1) is 27.2 Å². The highest BCUT2D eigenvalue weighted by molar-refractivity contribution is 5.95. The maximum absolute atomic E-state index is 13.2. The Balaban J connectivity index is 1.94. The molecule has 166 valence electrons. The van der Waals surface area contributed by atoms with Gasteiger partial charge in [-0.15, -0.1) is 0 Å². The van der Waals surface area contributed by atoms with Crippen LogP contribution in [0.4, 0.5) is 0 Å². The summed E-state index contributed by atoms with van der Waals surface area (Å²) in [4.78, 5) is 28.0. The predicted octanol–water partition coefficient (Wildman–Crippen LogP) is 3.09. The van der Waals surface area contributed by atoms with E-state index in [9.17, 15) is 9.59 Å². The van der Waals surface area contributed by atoms with Crippen molar-refractivity contribution in [2.75, 3.05) is 34.4 Å². The van der Waals surface area contributed by atoms with Crippen molar-refractivity contribution < 1.29 is 23.8 Å².